The van der Waals surface area contributed by atoms with E-state index in [1.54, 1.807) is 11.9 Å². The normalized spacial score (nSPS) is 25.1. The number of nitrogens with zero attached hydrogens (tertiary/aromatic N) is 1. The van der Waals surface area contributed by atoms with Gasteiger partial charge in [0.05, 0.1) is 0 Å². The Balaban J connectivity index is 2.74. The van der Waals surface area contributed by atoms with Gasteiger partial charge in [-0.2, -0.15) is 0 Å². The van der Waals surface area contributed by atoms with Crippen LogP contribution in [-0.2, 0) is 14.6 Å². The van der Waals surface area contributed by atoms with Crippen LogP contribution in [0.4, 0.5) is 0 Å². The Bertz CT molecular complexity index is 423. The van der Waals surface area contributed by atoms with Crippen LogP contribution in [0.25, 0.3) is 0 Å². The predicted molar refractivity (Wildman–Crippen MR) is 76.8 cm³/mol. The van der Waals surface area contributed by atoms with Crippen LogP contribution >= 0.6 is 0 Å². The van der Waals surface area contributed by atoms with Crippen LogP contribution < -0.4 is 5.32 Å². The molecule has 0 unspecified atom stereocenters. The number of amides is 1. The third kappa shape index (κ3) is 3.48. The lowest BCUT2D eigenvalue weighted by Crippen LogP contribution is -2.52. The van der Waals surface area contributed by atoms with Crippen LogP contribution in [0.15, 0.2) is 0 Å². The summed E-state index contributed by atoms with van der Waals surface area (Å²) in [5.41, 5.74) is 0. The molecule has 0 aliphatic heterocycles. The van der Waals surface area contributed by atoms with E-state index in [1.807, 2.05) is 7.05 Å². The van der Waals surface area contributed by atoms with Crippen LogP contribution in [0.2, 0.25) is 0 Å². The molecule has 1 saturated carbocycles. The summed E-state index contributed by atoms with van der Waals surface area (Å²) < 4.78 is 22.1. The van der Waals surface area contributed by atoms with E-state index in [0.717, 1.165) is 31.9 Å². The smallest absolute Gasteiger partial charge is 0.243 e. The summed E-state index contributed by atoms with van der Waals surface area (Å²) >= 11 is 0. The highest BCUT2D eigenvalue weighted by atomic mass is 32.2. The van der Waals surface area contributed by atoms with Gasteiger partial charge in [0.1, 0.15) is 4.75 Å². The van der Waals surface area contributed by atoms with E-state index >= 15 is 0 Å². The Labute approximate surface area is 116 Å². The van der Waals surface area contributed by atoms with Crippen molar-refractivity contribution in [3.05, 3.63) is 0 Å². The van der Waals surface area contributed by atoms with Gasteiger partial charge < -0.3 is 10.2 Å². The number of rotatable bonds is 4. The monoisotopic (exact) mass is 290 g/mol. The molecule has 0 aromatic carbocycles. The van der Waals surface area contributed by atoms with Gasteiger partial charge >= 0.3 is 0 Å². The van der Waals surface area contributed by atoms with Crippen molar-refractivity contribution in [2.75, 3.05) is 20.4 Å². The first-order chi connectivity index (χ1) is 8.61. The maximum Gasteiger partial charge on any atom is 0.243 e. The van der Waals surface area contributed by atoms with Crippen molar-refractivity contribution in [2.24, 2.45) is 0 Å². The second-order valence-electron chi connectivity index (χ2n) is 5.99. The topological polar surface area (TPSA) is 66.5 Å². The molecule has 1 fully saturated rings. The van der Waals surface area contributed by atoms with Gasteiger partial charge in [0.2, 0.25) is 5.91 Å². The molecule has 112 valence electrons. The minimum atomic E-state index is -3.40. The molecule has 19 heavy (non-hydrogen) atoms. The lowest BCUT2D eigenvalue weighted by Gasteiger charge is -2.37. The van der Waals surface area contributed by atoms with Crippen LogP contribution in [0.3, 0.4) is 0 Å². The third-order valence-electron chi connectivity index (χ3n) is 4.42. The molecule has 1 aliphatic carbocycles. The number of sulfone groups is 1. The van der Waals surface area contributed by atoms with E-state index in [1.165, 1.54) is 13.8 Å². The van der Waals surface area contributed by atoms with Gasteiger partial charge in [-0.15, -0.1) is 0 Å². The van der Waals surface area contributed by atoms with Crippen molar-refractivity contribution in [3.63, 3.8) is 0 Å². The van der Waals surface area contributed by atoms with Crippen LogP contribution in [0, 0.1) is 0 Å². The molecule has 6 heteroatoms. The lowest BCUT2D eigenvalue weighted by molar-refractivity contribution is -0.134. The standard InChI is InChI=1S/C13H26N2O3S/c1-13(2,19(5,17)18)12(16)15(4)11-8-6-10(14-3)7-9-11/h10-11,14H,6-9H2,1-5H3. The molecular weight excluding hydrogens is 264 g/mol. The molecule has 1 amide bonds. The summed E-state index contributed by atoms with van der Waals surface area (Å²) in [6, 6.07) is 0.667. The maximum atomic E-state index is 12.4. The number of hydrogen-bond acceptors (Lipinski definition) is 4. The molecular formula is C13H26N2O3S. The van der Waals surface area contributed by atoms with Crippen LogP contribution in [-0.4, -0.2) is 56.4 Å². The van der Waals surface area contributed by atoms with Crippen LogP contribution in [0.5, 0.6) is 0 Å². The summed E-state index contributed by atoms with van der Waals surface area (Å²) in [7, 11) is 0.269. The minimum absolute atomic E-state index is 0.151. The van der Waals surface area contributed by atoms with Crippen molar-refractivity contribution in [3.8, 4) is 0 Å². The van der Waals surface area contributed by atoms with E-state index in [2.05, 4.69) is 5.32 Å². The fraction of sp³-hybridized carbons (Fsp3) is 0.923. The molecule has 0 bridgehead atoms. The Kier molecular flexibility index (Phi) is 5.01. The van der Waals surface area contributed by atoms with E-state index in [-0.39, 0.29) is 11.9 Å². The summed E-state index contributed by atoms with van der Waals surface area (Å²) in [6.07, 6.45) is 5.02. The Morgan fingerprint density at radius 2 is 1.68 bits per heavy atom. The molecule has 1 N–H and O–H groups in total. The molecule has 0 aromatic rings. The second kappa shape index (κ2) is 5.79. The van der Waals surface area contributed by atoms with E-state index in [9.17, 15) is 13.2 Å². The van der Waals surface area contributed by atoms with Gasteiger partial charge in [0.25, 0.3) is 0 Å². The van der Waals surface area contributed by atoms with E-state index < -0.39 is 14.6 Å². The molecule has 0 heterocycles. The molecule has 0 aromatic heterocycles. The van der Waals surface area contributed by atoms with Crippen molar-refractivity contribution in [1.82, 2.24) is 10.2 Å². The minimum Gasteiger partial charge on any atom is -0.341 e. The van der Waals surface area contributed by atoms with Gasteiger partial charge in [0.15, 0.2) is 9.84 Å². The predicted octanol–water partition coefficient (Wildman–Crippen LogP) is 0.799. The fourth-order valence-electron chi connectivity index (χ4n) is 2.50. The van der Waals surface area contributed by atoms with Gasteiger partial charge in [-0.25, -0.2) is 8.42 Å². The lowest BCUT2D eigenvalue weighted by atomic mass is 9.90. The van der Waals surface area contributed by atoms with Gasteiger partial charge in [-0.05, 0) is 46.6 Å². The summed E-state index contributed by atoms with van der Waals surface area (Å²) in [4.78, 5) is 14.0. The van der Waals surface area contributed by atoms with Gasteiger partial charge in [-0.1, -0.05) is 0 Å². The van der Waals surface area contributed by atoms with E-state index in [0.29, 0.717) is 6.04 Å². The Morgan fingerprint density at radius 1 is 1.21 bits per heavy atom. The molecule has 1 rings (SSSR count). The molecule has 0 atom stereocenters. The molecule has 0 saturated heterocycles. The number of hydrogen-bond donors (Lipinski definition) is 1. The maximum absolute atomic E-state index is 12.4. The highest BCUT2D eigenvalue weighted by molar-refractivity contribution is 7.92. The average molecular weight is 290 g/mol. The second-order valence-corrected chi connectivity index (χ2v) is 8.56. The average Bonchev–Trinajstić information content (AvgIpc) is 2.35. The van der Waals surface area contributed by atoms with Gasteiger partial charge in [0, 0.05) is 25.4 Å². The zero-order chi connectivity index (χ0) is 14.8. The zero-order valence-electron chi connectivity index (χ0n) is 12.6. The third-order valence-corrected chi connectivity index (χ3v) is 6.44. The fourth-order valence-corrected chi connectivity index (χ4v) is 2.96. The highest BCUT2D eigenvalue weighted by Gasteiger charge is 2.42. The van der Waals surface area contributed by atoms with Crippen LogP contribution in [0.1, 0.15) is 39.5 Å². The quantitative estimate of drug-likeness (QED) is 0.831. The first-order valence-corrected chi connectivity index (χ1v) is 8.64. The summed E-state index contributed by atoms with van der Waals surface area (Å²) in [5, 5.41) is 3.25. The summed E-state index contributed by atoms with van der Waals surface area (Å²) in [6.45, 7) is 2.97. The van der Waals surface area contributed by atoms with Crippen molar-refractivity contribution < 1.29 is 13.2 Å². The highest BCUT2D eigenvalue weighted by Crippen LogP contribution is 2.26. The molecule has 5 nitrogen and oxygen atoms in total. The first-order valence-electron chi connectivity index (χ1n) is 6.75. The number of carbonyl (C=O) groups excluding carboxylic acids is 1. The van der Waals surface area contributed by atoms with Gasteiger partial charge in [-0.3, -0.25) is 4.79 Å². The van der Waals surface area contributed by atoms with E-state index in [4.69, 9.17) is 0 Å². The zero-order valence-corrected chi connectivity index (χ0v) is 13.4. The van der Waals surface area contributed by atoms with Crippen molar-refractivity contribution >= 4 is 15.7 Å². The number of nitrogens with one attached hydrogen (secondary N) is 1. The van der Waals surface area contributed by atoms with Crippen molar-refractivity contribution in [1.29, 1.82) is 0 Å². The van der Waals surface area contributed by atoms with Crippen molar-refractivity contribution in [2.45, 2.75) is 56.4 Å². The largest absolute Gasteiger partial charge is 0.341 e. The number of carbonyl (C=O) groups is 1. The molecule has 1 aliphatic rings. The Morgan fingerprint density at radius 3 is 2.05 bits per heavy atom. The molecule has 0 radical (unpaired) electrons. The summed E-state index contributed by atoms with van der Waals surface area (Å²) in [5.74, 6) is -0.303. The molecule has 0 spiro atoms. The SMILES string of the molecule is CNC1CCC(N(C)C(=O)C(C)(C)S(C)(=O)=O)CC1. The first kappa shape index (κ1) is 16.4. The Hall–Kier alpha value is -0.620.